The number of ether oxygens (including phenoxy) is 1. The van der Waals surface area contributed by atoms with E-state index in [1.165, 1.54) is 0 Å². The number of phenols is 1. The van der Waals surface area contributed by atoms with Gasteiger partial charge in [-0.15, -0.1) is 0 Å². The van der Waals surface area contributed by atoms with Gasteiger partial charge in [-0.1, -0.05) is 48.5 Å². The minimum atomic E-state index is -1.17. The zero-order chi connectivity index (χ0) is 27.7. The van der Waals surface area contributed by atoms with Gasteiger partial charge < -0.3 is 24.6 Å². The third-order valence-corrected chi connectivity index (χ3v) is 7.89. The number of hydrogen-bond acceptors (Lipinski definition) is 8. The smallest absolute Gasteiger partial charge is 0.455 e. The molecular formula is C29H30BNO8. The maximum atomic E-state index is 13.3. The van der Waals surface area contributed by atoms with Crippen LogP contribution in [-0.4, -0.2) is 65.0 Å². The molecular weight excluding hydrogens is 501 g/mol. The van der Waals surface area contributed by atoms with Gasteiger partial charge in [0.15, 0.2) is 0 Å². The number of carbonyl (C=O) groups excluding carboxylic acids is 3. The third-order valence-electron chi connectivity index (χ3n) is 7.89. The lowest BCUT2D eigenvalue weighted by Crippen LogP contribution is -2.46. The fourth-order valence-corrected chi connectivity index (χ4v) is 6.24. The molecule has 202 valence electrons. The van der Waals surface area contributed by atoms with Gasteiger partial charge in [0, 0.05) is 0 Å². The number of benzene rings is 2. The first-order chi connectivity index (χ1) is 18.8. The van der Waals surface area contributed by atoms with Crippen molar-refractivity contribution >= 4 is 36.7 Å². The van der Waals surface area contributed by atoms with E-state index in [2.05, 4.69) is 4.74 Å². The quantitative estimate of drug-likeness (QED) is 0.224. The highest BCUT2D eigenvalue weighted by Crippen LogP contribution is 2.50. The van der Waals surface area contributed by atoms with Crippen LogP contribution in [0.15, 0.2) is 65.7 Å². The lowest BCUT2D eigenvalue weighted by atomic mass is 9.58. The SMILES string of the molecule is COC(=O)N1C(=O)[C@@H]2[C@@H](CC(CO)=C3[C@@H](CC/C(=C/c4cccc(O)c4)c4ccccc4)OB(O)C[C@@H]32)C1=O. The molecule has 3 amide bonds. The lowest BCUT2D eigenvalue weighted by molar-refractivity contribution is -0.137. The van der Waals surface area contributed by atoms with Gasteiger partial charge in [-0.2, -0.15) is 4.90 Å². The minimum absolute atomic E-state index is 0.0786. The highest BCUT2D eigenvalue weighted by atomic mass is 16.5. The summed E-state index contributed by atoms with van der Waals surface area (Å²) in [5, 5.41) is 30.9. The van der Waals surface area contributed by atoms with Gasteiger partial charge >= 0.3 is 13.2 Å². The van der Waals surface area contributed by atoms with E-state index in [-0.39, 0.29) is 25.1 Å². The van der Waals surface area contributed by atoms with Crippen LogP contribution in [0.1, 0.15) is 30.4 Å². The molecule has 10 heteroatoms. The highest BCUT2D eigenvalue weighted by Gasteiger charge is 2.59. The van der Waals surface area contributed by atoms with Crippen LogP contribution >= 0.6 is 0 Å². The molecule has 2 saturated heterocycles. The summed E-state index contributed by atoms with van der Waals surface area (Å²) in [4.78, 5) is 39.0. The van der Waals surface area contributed by atoms with E-state index in [0.29, 0.717) is 23.3 Å². The van der Waals surface area contributed by atoms with Gasteiger partial charge in [0.1, 0.15) is 5.75 Å². The molecule has 9 nitrogen and oxygen atoms in total. The van der Waals surface area contributed by atoms with Crippen molar-refractivity contribution in [2.24, 2.45) is 17.8 Å². The summed E-state index contributed by atoms with van der Waals surface area (Å²) in [6.45, 7) is -0.324. The molecule has 2 heterocycles. The highest BCUT2D eigenvalue weighted by molar-refractivity contribution is 6.43. The number of hydrogen-bond donors (Lipinski definition) is 3. The van der Waals surface area contributed by atoms with E-state index in [4.69, 9.17) is 4.65 Å². The molecule has 2 aliphatic heterocycles. The van der Waals surface area contributed by atoms with Crippen LogP contribution in [0.2, 0.25) is 6.32 Å². The van der Waals surface area contributed by atoms with Gasteiger partial charge in [-0.25, -0.2) is 4.79 Å². The molecule has 0 unspecified atom stereocenters. The van der Waals surface area contributed by atoms with E-state index in [9.17, 15) is 29.6 Å². The fourth-order valence-electron chi connectivity index (χ4n) is 6.24. The molecule has 3 aliphatic rings. The summed E-state index contributed by atoms with van der Waals surface area (Å²) in [5.74, 6) is -3.31. The number of fused-ring (bicyclic) bond motifs is 3. The average molecular weight is 531 g/mol. The standard InChI is InChI=1S/C29H30BNO8/c1-38-29(36)31-27(34)22-14-20(16-32)25-23(26(22)28(31)35)15-30(37)39-24(25)11-10-19(18-7-3-2-4-8-18)12-17-6-5-9-21(33)13-17/h2-9,12-13,22-24,26,32-33,37H,10-11,14-16H2,1H3/b19-12-/t22-,23+,24-,26-/m1/s1. The summed E-state index contributed by atoms with van der Waals surface area (Å²) >= 11 is 0. The van der Waals surface area contributed by atoms with Crippen LogP contribution < -0.4 is 0 Å². The van der Waals surface area contributed by atoms with Gasteiger partial charge in [0.25, 0.3) is 0 Å². The Hall–Kier alpha value is -3.73. The second-order valence-electron chi connectivity index (χ2n) is 10.1. The Kier molecular flexibility index (Phi) is 7.70. The first-order valence-electron chi connectivity index (χ1n) is 13.0. The normalized spacial score (nSPS) is 25.1. The molecule has 2 fully saturated rings. The van der Waals surface area contributed by atoms with Gasteiger partial charge in [-0.05, 0) is 71.5 Å². The van der Waals surface area contributed by atoms with Crippen LogP contribution in [0, 0.1) is 17.8 Å². The van der Waals surface area contributed by atoms with Crippen molar-refractivity contribution in [1.82, 2.24) is 4.90 Å². The van der Waals surface area contributed by atoms with E-state index in [1.54, 1.807) is 18.2 Å². The van der Waals surface area contributed by atoms with Crippen LogP contribution in [-0.2, 0) is 19.0 Å². The zero-order valence-electron chi connectivity index (χ0n) is 21.5. The number of methoxy groups -OCH3 is 1. The number of allylic oxidation sites excluding steroid dienone is 1. The lowest BCUT2D eigenvalue weighted by Gasteiger charge is -2.42. The third kappa shape index (κ3) is 5.15. The maximum absolute atomic E-state index is 13.3. The molecule has 5 rings (SSSR count). The number of nitrogens with zero attached hydrogens (tertiary/aromatic N) is 1. The van der Waals surface area contributed by atoms with Crippen molar-refractivity contribution in [3.05, 3.63) is 76.9 Å². The zero-order valence-corrected chi connectivity index (χ0v) is 21.5. The fraction of sp³-hybridized carbons (Fsp3) is 0.345. The Balaban J connectivity index is 1.46. The maximum Gasteiger partial charge on any atom is 0.455 e. The molecule has 0 aromatic heterocycles. The number of likely N-dealkylation sites (tertiary alicyclic amines) is 1. The molecule has 39 heavy (non-hydrogen) atoms. The van der Waals surface area contributed by atoms with Crippen molar-refractivity contribution in [2.45, 2.75) is 31.7 Å². The average Bonchev–Trinajstić information content (AvgIpc) is 3.19. The second kappa shape index (κ2) is 11.2. The summed E-state index contributed by atoms with van der Waals surface area (Å²) in [6, 6.07) is 16.7. The van der Waals surface area contributed by atoms with Crippen LogP contribution in [0.4, 0.5) is 4.79 Å². The Morgan fingerprint density at radius 2 is 1.90 bits per heavy atom. The number of phenolic OH excluding ortho intramolecular Hbond substituents is 1. The van der Waals surface area contributed by atoms with E-state index in [1.807, 2.05) is 42.5 Å². The molecule has 0 radical (unpaired) electrons. The van der Waals surface area contributed by atoms with Gasteiger partial charge in [0.2, 0.25) is 11.8 Å². The second-order valence-corrected chi connectivity index (χ2v) is 10.1. The number of aliphatic hydroxyl groups is 1. The van der Waals surface area contributed by atoms with E-state index >= 15 is 0 Å². The summed E-state index contributed by atoms with van der Waals surface area (Å²) in [7, 11) is -0.0657. The van der Waals surface area contributed by atoms with Gasteiger partial charge in [-0.3, -0.25) is 9.59 Å². The van der Waals surface area contributed by atoms with Crippen LogP contribution in [0.3, 0.4) is 0 Å². The van der Waals surface area contributed by atoms with Crippen LogP contribution in [0.25, 0.3) is 11.6 Å². The first kappa shape index (κ1) is 26.9. The summed E-state index contributed by atoms with van der Waals surface area (Å²) in [5.41, 5.74) is 4.11. The number of rotatable bonds is 6. The summed E-state index contributed by atoms with van der Waals surface area (Å²) in [6.07, 6.45) is 1.53. The minimum Gasteiger partial charge on any atom is -0.508 e. The van der Waals surface area contributed by atoms with Crippen molar-refractivity contribution in [1.29, 1.82) is 0 Å². The molecule has 4 atom stereocenters. The Labute approximate surface area is 226 Å². The molecule has 0 saturated carbocycles. The van der Waals surface area contributed by atoms with E-state index < -0.39 is 48.9 Å². The Bertz CT molecular complexity index is 1340. The van der Waals surface area contributed by atoms with E-state index in [0.717, 1.165) is 29.4 Å². The predicted octanol–water partition coefficient (Wildman–Crippen LogP) is 3.27. The molecule has 0 spiro atoms. The molecule has 3 N–H and O–H groups in total. The number of aromatic hydroxyl groups is 1. The molecule has 2 aromatic carbocycles. The first-order valence-corrected chi connectivity index (χ1v) is 13.0. The van der Waals surface area contributed by atoms with Crippen LogP contribution in [0.5, 0.6) is 5.75 Å². The van der Waals surface area contributed by atoms with Crippen molar-refractivity contribution in [3.8, 4) is 5.75 Å². The summed E-state index contributed by atoms with van der Waals surface area (Å²) < 4.78 is 10.6. The van der Waals surface area contributed by atoms with Gasteiger partial charge in [0.05, 0.1) is 31.7 Å². The number of imide groups is 3. The van der Waals surface area contributed by atoms with Crippen molar-refractivity contribution < 1.29 is 39.0 Å². The number of carbonyl (C=O) groups is 3. The predicted molar refractivity (Wildman–Crippen MR) is 143 cm³/mol. The number of aliphatic hydroxyl groups excluding tert-OH is 1. The molecule has 1 aliphatic carbocycles. The molecule has 2 aromatic rings. The van der Waals surface area contributed by atoms with Crippen molar-refractivity contribution in [3.63, 3.8) is 0 Å². The number of amides is 3. The Morgan fingerprint density at radius 3 is 2.59 bits per heavy atom. The Morgan fingerprint density at radius 1 is 1.13 bits per heavy atom. The van der Waals surface area contributed by atoms with Crippen molar-refractivity contribution in [2.75, 3.05) is 13.7 Å². The topological polar surface area (TPSA) is 134 Å². The molecule has 0 bridgehead atoms. The largest absolute Gasteiger partial charge is 0.508 e. The monoisotopic (exact) mass is 531 g/mol.